The van der Waals surface area contributed by atoms with Gasteiger partial charge in [-0.05, 0) is 86.1 Å². The summed E-state index contributed by atoms with van der Waals surface area (Å²) in [6.07, 6.45) is 4.72. The van der Waals surface area contributed by atoms with Gasteiger partial charge in [0.1, 0.15) is 11.3 Å². The first-order valence-electron chi connectivity index (χ1n) is 13.9. The van der Waals surface area contributed by atoms with Crippen LogP contribution in [-0.2, 0) is 22.1 Å². The van der Waals surface area contributed by atoms with E-state index in [1.54, 1.807) is 12.1 Å². The normalized spacial score (nSPS) is 28.7. The molecule has 37 heavy (non-hydrogen) atoms. The van der Waals surface area contributed by atoms with Gasteiger partial charge in [0, 0.05) is 18.6 Å². The van der Waals surface area contributed by atoms with Crippen LogP contribution >= 0.6 is 0 Å². The molecule has 2 aromatic rings. The second-order valence-corrected chi connectivity index (χ2v) is 11.4. The van der Waals surface area contributed by atoms with Gasteiger partial charge in [-0.15, -0.1) is 0 Å². The van der Waals surface area contributed by atoms with E-state index in [2.05, 4.69) is 11.8 Å². The third kappa shape index (κ3) is 5.76. The second-order valence-electron chi connectivity index (χ2n) is 11.4. The number of rotatable bonds is 6. The number of methoxy groups -OCH3 is 1. The van der Waals surface area contributed by atoms with Crippen LogP contribution < -0.4 is 4.74 Å². The molecule has 5 rings (SSSR count). The summed E-state index contributed by atoms with van der Waals surface area (Å²) in [5.41, 5.74) is 0.373. The lowest BCUT2D eigenvalue weighted by atomic mass is 9.78. The van der Waals surface area contributed by atoms with Gasteiger partial charge in [0.25, 0.3) is 0 Å². The fourth-order valence-corrected chi connectivity index (χ4v) is 6.89. The summed E-state index contributed by atoms with van der Waals surface area (Å²) in [7, 11) is 1.46. The highest BCUT2D eigenvalue weighted by molar-refractivity contribution is 5.89. The lowest BCUT2D eigenvalue weighted by Crippen LogP contribution is -2.53. The molecule has 2 bridgehead atoms. The molecule has 2 unspecified atom stereocenters. The van der Waals surface area contributed by atoms with Crippen LogP contribution in [0.5, 0.6) is 5.75 Å². The number of esters is 1. The van der Waals surface area contributed by atoms with Crippen molar-refractivity contribution < 1.29 is 27.4 Å². The van der Waals surface area contributed by atoms with Gasteiger partial charge in [0.15, 0.2) is 0 Å². The number of benzene rings is 2. The number of piperidine rings is 2. The van der Waals surface area contributed by atoms with E-state index < -0.39 is 11.7 Å². The van der Waals surface area contributed by atoms with Crippen LogP contribution in [0.15, 0.2) is 30.3 Å². The predicted octanol–water partition coefficient (Wildman–Crippen LogP) is 7.16. The van der Waals surface area contributed by atoms with Gasteiger partial charge in [0.2, 0.25) is 0 Å². The van der Waals surface area contributed by atoms with Crippen molar-refractivity contribution in [2.24, 2.45) is 11.8 Å². The van der Waals surface area contributed by atoms with Gasteiger partial charge in [-0.3, -0.25) is 9.69 Å². The predicted molar refractivity (Wildman–Crippen MR) is 138 cm³/mol. The summed E-state index contributed by atoms with van der Waals surface area (Å²) in [6, 6.07) is 9.37. The van der Waals surface area contributed by atoms with Gasteiger partial charge in [0.05, 0.1) is 19.1 Å². The largest absolute Gasteiger partial charge is 0.490 e. The molecule has 7 heteroatoms. The molecule has 2 heterocycles. The van der Waals surface area contributed by atoms with Crippen molar-refractivity contribution in [1.82, 2.24) is 4.90 Å². The molecule has 0 N–H and O–H groups in total. The Morgan fingerprint density at radius 3 is 2.35 bits per heavy atom. The summed E-state index contributed by atoms with van der Waals surface area (Å²) in [6.45, 7) is 3.03. The van der Waals surface area contributed by atoms with Crippen LogP contribution in [0.1, 0.15) is 75.8 Å². The van der Waals surface area contributed by atoms with Gasteiger partial charge in [-0.25, -0.2) is 0 Å². The molecule has 202 valence electrons. The minimum atomic E-state index is -4.49. The number of carbonyl (C=O) groups is 1. The average Bonchev–Trinajstić information content (AvgIpc) is 2.86. The van der Waals surface area contributed by atoms with E-state index in [1.807, 2.05) is 12.1 Å². The Morgan fingerprint density at radius 1 is 1.00 bits per heavy atom. The van der Waals surface area contributed by atoms with E-state index in [0.717, 1.165) is 69.9 Å². The summed E-state index contributed by atoms with van der Waals surface area (Å²) in [5, 5.41) is 0.799. The van der Waals surface area contributed by atoms with Crippen molar-refractivity contribution in [3.63, 3.8) is 0 Å². The topological polar surface area (TPSA) is 38.8 Å². The van der Waals surface area contributed by atoms with Gasteiger partial charge >= 0.3 is 12.1 Å². The molecule has 4 nitrogen and oxygen atoms in total. The van der Waals surface area contributed by atoms with Crippen molar-refractivity contribution in [2.75, 3.05) is 13.7 Å². The maximum atomic E-state index is 14.2. The van der Waals surface area contributed by atoms with Crippen molar-refractivity contribution in [1.29, 1.82) is 0 Å². The second kappa shape index (κ2) is 10.8. The van der Waals surface area contributed by atoms with Gasteiger partial charge in [-0.2, -0.15) is 13.2 Å². The third-order valence-corrected chi connectivity index (χ3v) is 8.91. The first-order chi connectivity index (χ1) is 17.7. The summed E-state index contributed by atoms with van der Waals surface area (Å²) >= 11 is 0. The molecule has 0 aromatic heterocycles. The summed E-state index contributed by atoms with van der Waals surface area (Å²) < 4.78 is 53.6. The average molecular weight is 518 g/mol. The van der Waals surface area contributed by atoms with Crippen molar-refractivity contribution in [3.05, 3.63) is 41.5 Å². The van der Waals surface area contributed by atoms with Crippen LogP contribution in [0.3, 0.4) is 0 Å². The Bertz CT molecular complexity index is 1100. The third-order valence-electron chi connectivity index (χ3n) is 8.91. The number of carbonyl (C=O) groups excluding carboxylic acids is 1. The molecule has 2 aromatic carbocycles. The molecule has 3 fully saturated rings. The maximum Gasteiger partial charge on any atom is 0.420 e. The van der Waals surface area contributed by atoms with Crippen LogP contribution in [0.4, 0.5) is 13.2 Å². The molecular weight excluding hydrogens is 479 g/mol. The Balaban J connectivity index is 1.32. The Labute approximate surface area is 217 Å². The fourth-order valence-electron chi connectivity index (χ4n) is 6.89. The number of hydrogen-bond acceptors (Lipinski definition) is 4. The Morgan fingerprint density at radius 2 is 1.70 bits per heavy atom. The molecule has 2 atom stereocenters. The van der Waals surface area contributed by atoms with Crippen molar-refractivity contribution >= 4 is 16.7 Å². The van der Waals surface area contributed by atoms with Crippen LogP contribution in [0, 0.1) is 11.8 Å². The van der Waals surface area contributed by atoms with E-state index in [0.29, 0.717) is 23.4 Å². The first kappa shape index (κ1) is 26.3. The van der Waals surface area contributed by atoms with Gasteiger partial charge in [-0.1, -0.05) is 37.6 Å². The standard InChI is InChI=1S/C30H38F3NO3/c1-19-6-10-25(11-7-19)37-27-13-9-21-16-20(8-12-26(21)28(27)30(31,32)33)14-15-34-23-4-3-5-24(34)18-22(17-23)29(35)36-2/h8-9,12-13,16,19,22-25H,3-7,10-11,14-15,17-18H2,1-2H3. The highest BCUT2D eigenvalue weighted by atomic mass is 19.4. The zero-order valence-corrected chi connectivity index (χ0v) is 21.9. The van der Waals surface area contributed by atoms with Crippen LogP contribution in [0.2, 0.25) is 0 Å². The zero-order valence-electron chi connectivity index (χ0n) is 21.9. The molecule has 1 saturated carbocycles. The van der Waals surface area contributed by atoms with Gasteiger partial charge < -0.3 is 9.47 Å². The van der Waals surface area contributed by atoms with Crippen molar-refractivity contribution in [3.8, 4) is 5.75 Å². The molecule has 0 spiro atoms. The number of fused-ring (bicyclic) bond motifs is 3. The lowest BCUT2D eigenvalue weighted by Gasteiger charge is -2.48. The number of hydrogen-bond donors (Lipinski definition) is 0. The van der Waals surface area contributed by atoms with E-state index in [-0.39, 0.29) is 29.1 Å². The summed E-state index contributed by atoms with van der Waals surface area (Å²) in [4.78, 5) is 14.6. The smallest absolute Gasteiger partial charge is 0.420 e. The lowest BCUT2D eigenvalue weighted by molar-refractivity contribution is -0.150. The minimum absolute atomic E-state index is 0.0218. The van der Waals surface area contributed by atoms with E-state index >= 15 is 0 Å². The van der Waals surface area contributed by atoms with Crippen molar-refractivity contribution in [2.45, 2.75) is 95.5 Å². The maximum absolute atomic E-state index is 14.2. The molecule has 0 radical (unpaired) electrons. The molecule has 0 amide bonds. The first-order valence-corrected chi connectivity index (χ1v) is 13.9. The quantitative estimate of drug-likeness (QED) is 0.381. The zero-order chi connectivity index (χ0) is 26.2. The van der Waals surface area contributed by atoms with E-state index in [1.165, 1.54) is 19.6 Å². The Hall–Kier alpha value is -2.28. The van der Waals surface area contributed by atoms with E-state index in [4.69, 9.17) is 9.47 Å². The molecule has 2 aliphatic heterocycles. The number of ether oxygens (including phenoxy) is 2. The highest BCUT2D eigenvalue weighted by Crippen LogP contribution is 2.43. The monoisotopic (exact) mass is 517 g/mol. The molecule has 2 saturated heterocycles. The highest BCUT2D eigenvalue weighted by Gasteiger charge is 2.41. The fraction of sp³-hybridized carbons (Fsp3) is 0.633. The van der Waals surface area contributed by atoms with Crippen LogP contribution in [-0.4, -0.2) is 42.7 Å². The Kier molecular flexibility index (Phi) is 7.71. The summed E-state index contributed by atoms with van der Waals surface area (Å²) in [5.74, 6) is 0.434. The minimum Gasteiger partial charge on any atom is -0.490 e. The molecular formula is C30H38F3NO3. The number of halogens is 3. The van der Waals surface area contributed by atoms with E-state index in [9.17, 15) is 18.0 Å². The van der Waals surface area contributed by atoms with Crippen LogP contribution in [0.25, 0.3) is 10.8 Å². The molecule has 1 aliphatic carbocycles. The molecule has 3 aliphatic rings. The number of nitrogens with zero attached hydrogens (tertiary/aromatic N) is 1. The number of alkyl halides is 3. The SMILES string of the molecule is COC(=O)C1CC2CCCC(C1)N2CCc1ccc2c(C(F)(F)F)c(OC3CCC(C)CC3)ccc2c1.